The van der Waals surface area contributed by atoms with E-state index in [1.54, 1.807) is 19.2 Å². The third-order valence-electron chi connectivity index (χ3n) is 5.01. The van der Waals surface area contributed by atoms with Gasteiger partial charge in [-0.1, -0.05) is 36.4 Å². The molecular formula is C24H19N3O2S. The van der Waals surface area contributed by atoms with Gasteiger partial charge in [0.2, 0.25) is 5.91 Å². The third-order valence-corrected chi connectivity index (χ3v) is 5.77. The molecule has 1 amide bonds. The van der Waals surface area contributed by atoms with Gasteiger partial charge in [0.15, 0.2) is 5.13 Å². The minimum Gasteiger partial charge on any atom is -0.497 e. The molecule has 0 aliphatic rings. The fourth-order valence-electron chi connectivity index (χ4n) is 3.18. The normalized spacial score (nSPS) is 11.6. The number of nitriles is 1. The van der Waals surface area contributed by atoms with Crippen LogP contribution in [0, 0.1) is 11.3 Å². The predicted octanol–water partition coefficient (Wildman–Crippen LogP) is 5.59. The molecule has 4 rings (SSSR count). The van der Waals surface area contributed by atoms with Gasteiger partial charge >= 0.3 is 0 Å². The monoisotopic (exact) mass is 413 g/mol. The number of carbonyl (C=O) groups excluding carboxylic acids is 1. The van der Waals surface area contributed by atoms with Crippen LogP contribution < -0.4 is 10.1 Å². The molecule has 4 aromatic rings. The smallest absolute Gasteiger partial charge is 0.233 e. The molecule has 0 radical (unpaired) electrons. The van der Waals surface area contributed by atoms with Crippen molar-refractivity contribution in [3.05, 3.63) is 77.2 Å². The topological polar surface area (TPSA) is 75.0 Å². The molecule has 6 heteroatoms. The Morgan fingerprint density at radius 1 is 1.10 bits per heavy atom. The van der Waals surface area contributed by atoms with Crippen LogP contribution in [0.4, 0.5) is 5.13 Å². The van der Waals surface area contributed by atoms with E-state index >= 15 is 0 Å². The Hall–Kier alpha value is -3.69. The highest BCUT2D eigenvalue weighted by Gasteiger charge is 2.17. The molecule has 0 aliphatic heterocycles. The zero-order valence-electron chi connectivity index (χ0n) is 16.5. The zero-order valence-corrected chi connectivity index (χ0v) is 17.4. The zero-order chi connectivity index (χ0) is 21.1. The minimum absolute atomic E-state index is 0.108. The molecule has 5 nitrogen and oxygen atoms in total. The van der Waals surface area contributed by atoms with Crippen molar-refractivity contribution < 1.29 is 9.53 Å². The average Bonchev–Trinajstić information content (AvgIpc) is 3.26. The van der Waals surface area contributed by atoms with Gasteiger partial charge < -0.3 is 10.1 Å². The molecule has 148 valence electrons. The van der Waals surface area contributed by atoms with Crippen molar-refractivity contribution in [1.29, 1.82) is 5.26 Å². The first kappa shape index (κ1) is 19.6. The molecule has 1 N–H and O–H groups in total. The second-order valence-electron chi connectivity index (χ2n) is 6.91. The number of rotatable bonds is 5. The minimum atomic E-state index is -0.321. The number of methoxy groups -OCH3 is 1. The first-order valence-corrected chi connectivity index (χ1v) is 10.3. The van der Waals surface area contributed by atoms with Crippen molar-refractivity contribution >= 4 is 33.1 Å². The molecule has 1 heterocycles. The van der Waals surface area contributed by atoms with Crippen LogP contribution in [0.5, 0.6) is 5.75 Å². The van der Waals surface area contributed by atoms with Crippen LogP contribution in [0.15, 0.2) is 66.0 Å². The van der Waals surface area contributed by atoms with Crippen LogP contribution in [0.3, 0.4) is 0 Å². The summed E-state index contributed by atoms with van der Waals surface area (Å²) in [6.07, 6.45) is 0. The summed E-state index contributed by atoms with van der Waals surface area (Å²) in [4.78, 5) is 17.3. The molecule has 0 saturated carbocycles. The molecule has 0 bridgehead atoms. The lowest BCUT2D eigenvalue weighted by atomic mass is 9.97. The number of benzene rings is 3. The van der Waals surface area contributed by atoms with E-state index < -0.39 is 0 Å². The third kappa shape index (κ3) is 4.02. The predicted molar refractivity (Wildman–Crippen MR) is 120 cm³/mol. The summed E-state index contributed by atoms with van der Waals surface area (Å²) in [5, 5.41) is 16.4. The Morgan fingerprint density at radius 3 is 2.57 bits per heavy atom. The van der Waals surface area contributed by atoms with Gasteiger partial charge in [-0.25, -0.2) is 4.98 Å². The Bertz CT molecular complexity index is 1260. The van der Waals surface area contributed by atoms with E-state index in [1.165, 1.54) is 11.3 Å². The summed E-state index contributed by atoms with van der Waals surface area (Å²) in [5.41, 5.74) is 3.22. The number of anilines is 1. The number of fused-ring (bicyclic) bond motifs is 1. The Morgan fingerprint density at radius 2 is 1.83 bits per heavy atom. The van der Waals surface area contributed by atoms with E-state index in [0.717, 1.165) is 33.3 Å². The van der Waals surface area contributed by atoms with Crippen LogP contribution >= 0.6 is 11.3 Å². The number of hydrogen-bond acceptors (Lipinski definition) is 5. The molecule has 30 heavy (non-hydrogen) atoms. The van der Waals surface area contributed by atoms with Gasteiger partial charge in [-0.05, 0) is 47.5 Å². The fraction of sp³-hybridized carbons (Fsp3) is 0.125. The summed E-state index contributed by atoms with van der Waals surface area (Å²) in [6, 6.07) is 21.2. The number of ether oxygens (including phenoxy) is 1. The number of nitrogens with zero attached hydrogens (tertiary/aromatic N) is 2. The fourth-order valence-corrected chi connectivity index (χ4v) is 3.91. The largest absolute Gasteiger partial charge is 0.497 e. The molecular weight excluding hydrogens is 394 g/mol. The summed E-state index contributed by atoms with van der Waals surface area (Å²) >= 11 is 1.38. The van der Waals surface area contributed by atoms with E-state index in [1.807, 2.05) is 60.8 Å². The highest BCUT2D eigenvalue weighted by molar-refractivity contribution is 7.14. The van der Waals surface area contributed by atoms with Gasteiger partial charge in [-0.2, -0.15) is 5.26 Å². The van der Waals surface area contributed by atoms with Gasteiger partial charge in [0.25, 0.3) is 0 Å². The number of hydrogen-bond donors (Lipinski definition) is 1. The maximum absolute atomic E-state index is 12.8. The van der Waals surface area contributed by atoms with Crippen molar-refractivity contribution in [3.63, 3.8) is 0 Å². The second kappa shape index (κ2) is 8.36. The summed E-state index contributed by atoms with van der Waals surface area (Å²) in [6.45, 7) is 1.88. The van der Waals surface area contributed by atoms with Crippen molar-refractivity contribution in [2.75, 3.05) is 12.4 Å². The quantitative estimate of drug-likeness (QED) is 0.463. The van der Waals surface area contributed by atoms with E-state index in [4.69, 9.17) is 10.00 Å². The van der Waals surface area contributed by atoms with E-state index in [0.29, 0.717) is 10.7 Å². The molecule has 0 saturated heterocycles. The number of amides is 1. The molecule has 1 aromatic heterocycles. The Balaban J connectivity index is 1.49. The van der Waals surface area contributed by atoms with Gasteiger partial charge in [0.05, 0.1) is 30.4 Å². The molecule has 0 aliphatic carbocycles. The number of thiazole rings is 1. The molecule has 1 atom stereocenters. The summed E-state index contributed by atoms with van der Waals surface area (Å²) < 4.78 is 5.27. The van der Waals surface area contributed by atoms with Crippen LogP contribution in [0.2, 0.25) is 0 Å². The molecule has 1 unspecified atom stereocenters. The molecule has 3 aromatic carbocycles. The lowest BCUT2D eigenvalue weighted by molar-refractivity contribution is -0.117. The van der Waals surface area contributed by atoms with Gasteiger partial charge in [-0.15, -0.1) is 11.3 Å². The van der Waals surface area contributed by atoms with Crippen LogP contribution in [-0.4, -0.2) is 18.0 Å². The highest BCUT2D eigenvalue weighted by Crippen LogP contribution is 2.28. The van der Waals surface area contributed by atoms with Crippen molar-refractivity contribution in [2.45, 2.75) is 12.8 Å². The van der Waals surface area contributed by atoms with Crippen molar-refractivity contribution in [3.8, 4) is 23.1 Å². The van der Waals surface area contributed by atoms with E-state index in [2.05, 4.69) is 16.4 Å². The van der Waals surface area contributed by atoms with Gasteiger partial charge in [0, 0.05) is 10.9 Å². The lowest BCUT2D eigenvalue weighted by Gasteiger charge is -2.12. The van der Waals surface area contributed by atoms with E-state index in [9.17, 15) is 4.79 Å². The standard InChI is InChI=1S/C24H19N3O2S/c1-15(18-7-8-20-12-21(29-2)10-9-19(20)11-18)23(28)27-24-26-22(14-30-24)17-5-3-16(13-25)4-6-17/h3-12,14-15H,1-2H3,(H,26,27,28). The van der Waals surface area contributed by atoms with Gasteiger partial charge in [0.1, 0.15) is 5.75 Å². The van der Waals surface area contributed by atoms with Crippen LogP contribution in [0.25, 0.3) is 22.0 Å². The SMILES string of the molecule is COc1ccc2cc(C(C)C(=O)Nc3nc(-c4ccc(C#N)cc4)cs3)ccc2c1. The van der Waals surface area contributed by atoms with E-state index in [-0.39, 0.29) is 11.8 Å². The summed E-state index contributed by atoms with van der Waals surface area (Å²) in [5.74, 6) is 0.380. The average molecular weight is 414 g/mol. The molecule has 0 spiro atoms. The van der Waals surface area contributed by atoms with Crippen molar-refractivity contribution in [1.82, 2.24) is 4.98 Å². The Kier molecular flexibility index (Phi) is 5.46. The first-order valence-electron chi connectivity index (χ1n) is 9.42. The Labute approximate surface area is 178 Å². The maximum Gasteiger partial charge on any atom is 0.233 e. The highest BCUT2D eigenvalue weighted by atomic mass is 32.1. The number of carbonyl (C=O) groups is 1. The van der Waals surface area contributed by atoms with Crippen LogP contribution in [-0.2, 0) is 4.79 Å². The van der Waals surface area contributed by atoms with Crippen molar-refractivity contribution in [2.24, 2.45) is 0 Å². The maximum atomic E-state index is 12.8. The van der Waals surface area contributed by atoms with Gasteiger partial charge in [-0.3, -0.25) is 4.79 Å². The van der Waals surface area contributed by atoms with Crippen LogP contribution in [0.1, 0.15) is 24.0 Å². The second-order valence-corrected chi connectivity index (χ2v) is 7.77. The summed E-state index contributed by atoms with van der Waals surface area (Å²) in [7, 11) is 1.65. The number of aromatic nitrogens is 1. The number of nitrogens with one attached hydrogen (secondary N) is 1. The molecule has 0 fully saturated rings. The first-order chi connectivity index (χ1) is 14.6. The lowest BCUT2D eigenvalue weighted by Crippen LogP contribution is -2.18.